The lowest BCUT2D eigenvalue weighted by Gasteiger charge is -2.38. The van der Waals surface area contributed by atoms with Crippen LogP contribution in [0.25, 0.3) is 0 Å². The first-order chi connectivity index (χ1) is 11.1. The minimum absolute atomic E-state index is 0.0485. The third-order valence-electron chi connectivity index (χ3n) is 5.19. The van der Waals surface area contributed by atoms with Crippen molar-refractivity contribution in [3.05, 3.63) is 0 Å². The number of rotatable bonds is 5. The number of likely N-dealkylation sites (tertiary alicyclic amines) is 1. The number of carbonyl (C=O) groups is 1. The van der Waals surface area contributed by atoms with Crippen LogP contribution >= 0.6 is 0 Å². The molecule has 0 spiro atoms. The van der Waals surface area contributed by atoms with E-state index in [2.05, 4.69) is 33.9 Å². The molecule has 0 saturated carbocycles. The van der Waals surface area contributed by atoms with Gasteiger partial charge in [-0.2, -0.15) is 0 Å². The van der Waals surface area contributed by atoms with Gasteiger partial charge in [-0.05, 0) is 65.1 Å². The smallest absolute Gasteiger partial charge is 0.410 e. The van der Waals surface area contributed by atoms with E-state index in [1.807, 2.05) is 25.7 Å². The summed E-state index contributed by atoms with van der Waals surface area (Å²) in [5.74, 6) is 0. The summed E-state index contributed by atoms with van der Waals surface area (Å²) in [5.41, 5.74) is -0.510. The molecule has 5 nitrogen and oxygen atoms in total. The first-order valence-electron chi connectivity index (χ1n) is 9.48. The minimum atomic E-state index is -1.88. The molecular formula is C19H39NO4Si. The standard InChI is InChI=1S/C19H39NO4Si/c1-14(21)10-11-15-12-16(24-25(8,9)19(5,6)7)13-20(15)17(22)23-18(2,3)4/h14-16,21H,10-13H2,1-9H3/t14?,15-,16-/m1/s1. The van der Waals surface area contributed by atoms with Gasteiger partial charge in [0, 0.05) is 12.6 Å². The van der Waals surface area contributed by atoms with Crippen molar-refractivity contribution in [1.82, 2.24) is 4.90 Å². The molecule has 0 aliphatic carbocycles. The van der Waals surface area contributed by atoms with Crippen molar-refractivity contribution in [2.45, 2.75) is 110 Å². The van der Waals surface area contributed by atoms with Crippen LogP contribution in [0.4, 0.5) is 4.79 Å². The second kappa shape index (κ2) is 7.97. The summed E-state index contributed by atoms with van der Waals surface area (Å²) in [6.45, 7) is 19.2. The molecule has 1 saturated heterocycles. The Morgan fingerprint density at radius 2 is 1.80 bits per heavy atom. The Hall–Kier alpha value is -0.593. The molecular weight excluding hydrogens is 334 g/mol. The third-order valence-corrected chi connectivity index (χ3v) is 9.72. The highest BCUT2D eigenvalue weighted by atomic mass is 28.4. The zero-order valence-corrected chi connectivity index (χ0v) is 18.7. The SMILES string of the molecule is CC(O)CC[C@@H]1C[C@@H](O[Si](C)(C)C(C)(C)C)CN1C(=O)OC(C)(C)C. The first-order valence-corrected chi connectivity index (χ1v) is 12.4. The van der Waals surface area contributed by atoms with Gasteiger partial charge in [-0.25, -0.2) is 4.79 Å². The van der Waals surface area contributed by atoms with E-state index in [0.717, 1.165) is 12.8 Å². The lowest BCUT2D eigenvalue weighted by atomic mass is 10.1. The van der Waals surface area contributed by atoms with Gasteiger partial charge in [0.1, 0.15) is 5.60 Å². The fourth-order valence-corrected chi connectivity index (χ4v) is 4.16. The molecule has 148 valence electrons. The third kappa shape index (κ3) is 6.91. The largest absolute Gasteiger partial charge is 0.444 e. The maximum atomic E-state index is 12.6. The maximum Gasteiger partial charge on any atom is 0.410 e. The molecule has 0 radical (unpaired) electrons. The highest BCUT2D eigenvalue weighted by molar-refractivity contribution is 6.74. The second-order valence-electron chi connectivity index (χ2n) is 9.95. The molecule has 3 atom stereocenters. The average Bonchev–Trinajstić information content (AvgIpc) is 2.75. The number of aliphatic hydroxyl groups excluding tert-OH is 1. The normalized spacial score (nSPS) is 23.7. The Kier molecular flexibility index (Phi) is 7.15. The van der Waals surface area contributed by atoms with Crippen LogP contribution in [0.15, 0.2) is 0 Å². The molecule has 1 rings (SSSR count). The molecule has 1 aliphatic heterocycles. The number of hydrogen-bond acceptors (Lipinski definition) is 4. The number of carbonyl (C=O) groups excluding carboxylic acids is 1. The molecule has 1 heterocycles. The van der Waals surface area contributed by atoms with E-state index >= 15 is 0 Å². The van der Waals surface area contributed by atoms with Gasteiger partial charge < -0.3 is 19.2 Å². The van der Waals surface area contributed by atoms with E-state index in [-0.39, 0.29) is 29.4 Å². The van der Waals surface area contributed by atoms with Gasteiger partial charge in [-0.1, -0.05) is 20.8 Å². The molecule has 1 aliphatic rings. The van der Waals surface area contributed by atoms with Gasteiger partial charge in [0.25, 0.3) is 0 Å². The fraction of sp³-hybridized carbons (Fsp3) is 0.947. The lowest BCUT2D eigenvalue weighted by Crippen LogP contribution is -2.45. The van der Waals surface area contributed by atoms with Gasteiger partial charge >= 0.3 is 6.09 Å². The maximum absolute atomic E-state index is 12.6. The zero-order valence-electron chi connectivity index (χ0n) is 17.7. The van der Waals surface area contributed by atoms with Gasteiger partial charge in [-0.3, -0.25) is 0 Å². The van der Waals surface area contributed by atoms with Crippen LogP contribution in [0.5, 0.6) is 0 Å². The highest BCUT2D eigenvalue weighted by Gasteiger charge is 2.44. The zero-order chi connectivity index (χ0) is 19.6. The summed E-state index contributed by atoms with van der Waals surface area (Å²) >= 11 is 0. The van der Waals surface area contributed by atoms with Crippen LogP contribution in [-0.4, -0.2) is 54.8 Å². The molecule has 1 amide bonds. The van der Waals surface area contributed by atoms with Crippen LogP contribution in [0.1, 0.15) is 67.7 Å². The monoisotopic (exact) mass is 373 g/mol. The number of aliphatic hydroxyl groups is 1. The van der Waals surface area contributed by atoms with Crippen molar-refractivity contribution in [1.29, 1.82) is 0 Å². The molecule has 1 fully saturated rings. The number of ether oxygens (including phenoxy) is 1. The summed E-state index contributed by atoms with van der Waals surface area (Å²) in [6.07, 6.45) is 1.68. The van der Waals surface area contributed by atoms with E-state index in [0.29, 0.717) is 13.0 Å². The van der Waals surface area contributed by atoms with E-state index in [1.165, 1.54) is 0 Å². The highest BCUT2D eigenvalue weighted by Crippen LogP contribution is 2.39. The summed E-state index contributed by atoms with van der Waals surface area (Å²) in [7, 11) is -1.88. The summed E-state index contributed by atoms with van der Waals surface area (Å²) < 4.78 is 12.1. The van der Waals surface area contributed by atoms with E-state index in [4.69, 9.17) is 9.16 Å². The molecule has 1 unspecified atom stereocenters. The number of hydrogen-bond donors (Lipinski definition) is 1. The fourth-order valence-electron chi connectivity index (χ4n) is 2.80. The van der Waals surface area contributed by atoms with Crippen LogP contribution in [0.3, 0.4) is 0 Å². The van der Waals surface area contributed by atoms with Crippen molar-refractivity contribution >= 4 is 14.4 Å². The Bertz CT molecular complexity index is 451. The summed E-state index contributed by atoms with van der Waals surface area (Å²) in [5, 5.41) is 9.76. The molecule has 0 aromatic rings. The molecule has 1 N–H and O–H groups in total. The molecule has 0 aromatic heterocycles. The Morgan fingerprint density at radius 1 is 1.24 bits per heavy atom. The van der Waals surface area contributed by atoms with Crippen LogP contribution in [0, 0.1) is 0 Å². The Labute approximate surface area is 155 Å². The predicted octanol–water partition coefficient (Wildman–Crippen LogP) is 4.55. The number of amides is 1. The van der Waals surface area contributed by atoms with E-state index < -0.39 is 13.9 Å². The minimum Gasteiger partial charge on any atom is -0.444 e. The van der Waals surface area contributed by atoms with Gasteiger partial charge in [0.2, 0.25) is 0 Å². The predicted molar refractivity (Wildman–Crippen MR) is 104 cm³/mol. The lowest BCUT2D eigenvalue weighted by molar-refractivity contribution is 0.0194. The summed E-state index contributed by atoms with van der Waals surface area (Å²) in [4.78, 5) is 14.4. The van der Waals surface area contributed by atoms with E-state index in [1.54, 1.807) is 6.92 Å². The molecule has 25 heavy (non-hydrogen) atoms. The van der Waals surface area contributed by atoms with Crippen molar-refractivity contribution in [2.75, 3.05) is 6.54 Å². The van der Waals surface area contributed by atoms with Crippen LogP contribution < -0.4 is 0 Å². The van der Waals surface area contributed by atoms with Crippen LogP contribution in [-0.2, 0) is 9.16 Å². The van der Waals surface area contributed by atoms with Crippen molar-refractivity contribution < 1.29 is 19.1 Å². The first kappa shape index (κ1) is 22.4. The Morgan fingerprint density at radius 3 is 2.24 bits per heavy atom. The Balaban J connectivity index is 2.84. The molecule has 0 bridgehead atoms. The summed E-state index contributed by atoms with van der Waals surface area (Å²) in [6, 6.07) is 0.0687. The quantitative estimate of drug-likeness (QED) is 0.718. The van der Waals surface area contributed by atoms with Crippen LogP contribution in [0.2, 0.25) is 18.1 Å². The molecule has 6 heteroatoms. The van der Waals surface area contributed by atoms with Gasteiger partial charge in [-0.15, -0.1) is 0 Å². The van der Waals surface area contributed by atoms with Gasteiger partial charge in [0.15, 0.2) is 8.32 Å². The van der Waals surface area contributed by atoms with E-state index in [9.17, 15) is 9.90 Å². The van der Waals surface area contributed by atoms with Gasteiger partial charge in [0.05, 0.1) is 12.2 Å². The average molecular weight is 374 g/mol. The topological polar surface area (TPSA) is 59.0 Å². The second-order valence-corrected chi connectivity index (χ2v) is 14.7. The van der Waals surface area contributed by atoms with Crippen molar-refractivity contribution in [3.63, 3.8) is 0 Å². The molecule has 0 aromatic carbocycles. The van der Waals surface area contributed by atoms with Crippen molar-refractivity contribution in [2.24, 2.45) is 0 Å². The van der Waals surface area contributed by atoms with Crippen molar-refractivity contribution in [3.8, 4) is 0 Å². The number of nitrogens with zero attached hydrogens (tertiary/aromatic N) is 1.